The molecule has 0 N–H and O–H groups in total. The monoisotopic (exact) mass is 229 g/mol. The predicted octanol–water partition coefficient (Wildman–Crippen LogP) is 2.07. The van der Waals surface area contributed by atoms with E-state index in [0.717, 1.165) is 44.8 Å². The summed E-state index contributed by atoms with van der Waals surface area (Å²) in [5.41, 5.74) is 2.40. The van der Waals surface area contributed by atoms with Crippen LogP contribution in [-0.2, 0) is 4.74 Å². The topological polar surface area (TPSA) is 12.5 Å². The second-order valence-corrected chi connectivity index (χ2v) is 4.32. The summed E-state index contributed by atoms with van der Waals surface area (Å²) in [6.45, 7) is 6.99. The quantitative estimate of drug-likeness (QED) is 0.720. The van der Waals surface area contributed by atoms with E-state index < -0.39 is 0 Å². The molecular formula is C15H19NO. The highest BCUT2D eigenvalue weighted by Crippen LogP contribution is 2.04. The Balaban J connectivity index is 1.80. The number of aryl methyl sites for hydroxylation is 1. The van der Waals surface area contributed by atoms with E-state index in [1.165, 1.54) is 5.56 Å². The molecule has 0 amide bonds. The van der Waals surface area contributed by atoms with Crippen LogP contribution in [0.5, 0.6) is 0 Å². The van der Waals surface area contributed by atoms with E-state index >= 15 is 0 Å². The van der Waals surface area contributed by atoms with Crippen LogP contribution in [0, 0.1) is 18.8 Å². The van der Waals surface area contributed by atoms with Crippen LogP contribution >= 0.6 is 0 Å². The fraction of sp³-hybridized carbons (Fsp3) is 0.467. The van der Waals surface area contributed by atoms with Crippen molar-refractivity contribution in [3.63, 3.8) is 0 Å². The summed E-state index contributed by atoms with van der Waals surface area (Å²) < 4.78 is 5.31. The van der Waals surface area contributed by atoms with Crippen LogP contribution in [0.3, 0.4) is 0 Å². The van der Waals surface area contributed by atoms with E-state index in [0.29, 0.717) is 0 Å². The minimum absolute atomic E-state index is 0.866. The molecule has 1 aromatic carbocycles. The molecule has 2 heteroatoms. The van der Waals surface area contributed by atoms with E-state index in [1.54, 1.807) is 0 Å². The highest BCUT2D eigenvalue weighted by atomic mass is 16.5. The molecule has 0 unspecified atom stereocenters. The van der Waals surface area contributed by atoms with Gasteiger partial charge in [-0.3, -0.25) is 4.90 Å². The van der Waals surface area contributed by atoms with Gasteiger partial charge >= 0.3 is 0 Å². The number of benzene rings is 1. The second-order valence-electron chi connectivity index (χ2n) is 4.32. The number of nitrogens with zero attached hydrogens (tertiary/aromatic N) is 1. The summed E-state index contributed by atoms with van der Waals surface area (Å²) >= 11 is 0. The number of hydrogen-bond donors (Lipinski definition) is 0. The van der Waals surface area contributed by atoms with Crippen LogP contribution in [0.15, 0.2) is 24.3 Å². The third-order valence-electron chi connectivity index (χ3n) is 3.02. The lowest BCUT2D eigenvalue weighted by Gasteiger charge is -2.25. The lowest BCUT2D eigenvalue weighted by atomic mass is 10.1. The lowest BCUT2D eigenvalue weighted by molar-refractivity contribution is 0.0390. The van der Waals surface area contributed by atoms with Gasteiger partial charge in [0.25, 0.3) is 0 Å². The molecule has 1 aliphatic heterocycles. The van der Waals surface area contributed by atoms with E-state index in [4.69, 9.17) is 4.74 Å². The summed E-state index contributed by atoms with van der Waals surface area (Å²) in [4.78, 5) is 2.41. The Morgan fingerprint density at radius 1 is 1.24 bits per heavy atom. The SMILES string of the molecule is Cc1ccccc1C#CCCN1CCOCC1. The van der Waals surface area contributed by atoms with Crippen LogP contribution in [-0.4, -0.2) is 37.7 Å². The van der Waals surface area contributed by atoms with Gasteiger partial charge in [-0.1, -0.05) is 30.0 Å². The first-order valence-corrected chi connectivity index (χ1v) is 6.21. The van der Waals surface area contributed by atoms with Gasteiger partial charge in [-0.15, -0.1) is 0 Å². The molecule has 1 fully saturated rings. The van der Waals surface area contributed by atoms with Gasteiger partial charge in [0.2, 0.25) is 0 Å². The Morgan fingerprint density at radius 3 is 2.76 bits per heavy atom. The molecule has 17 heavy (non-hydrogen) atoms. The normalized spacial score (nSPS) is 16.3. The largest absolute Gasteiger partial charge is 0.379 e. The van der Waals surface area contributed by atoms with Gasteiger partial charge in [-0.2, -0.15) is 0 Å². The first-order chi connectivity index (χ1) is 8.36. The first-order valence-electron chi connectivity index (χ1n) is 6.21. The van der Waals surface area contributed by atoms with Crippen molar-refractivity contribution >= 4 is 0 Å². The summed E-state index contributed by atoms with van der Waals surface area (Å²) in [6, 6.07) is 8.27. The second kappa shape index (κ2) is 6.44. The Morgan fingerprint density at radius 2 is 2.00 bits per heavy atom. The van der Waals surface area contributed by atoms with Gasteiger partial charge in [0, 0.05) is 31.6 Å². The molecule has 1 saturated heterocycles. The summed E-state index contributed by atoms with van der Waals surface area (Å²) in [6.07, 6.45) is 0.939. The number of rotatable bonds is 2. The molecule has 2 rings (SSSR count). The fourth-order valence-electron chi connectivity index (χ4n) is 1.91. The van der Waals surface area contributed by atoms with Gasteiger partial charge in [-0.25, -0.2) is 0 Å². The summed E-state index contributed by atoms with van der Waals surface area (Å²) in [5, 5.41) is 0. The molecule has 1 heterocycles. The highest BCUT2D eigenvalue weighted by Gasteiger charge is 2.08. The maximum absolute atomic E-state index is 5.31. The summed E-state index contributed by atoms with van der Waals surface area (Å²) in [7, 11) is 0. The first kappa shape index (κ1) is 12.2. The molecule has 0 aliphatic carbocycles. The molecule has 0 spiro atoms. The van der Waals surface area contributed by atoms with Gasteiger partial charge in [0.05, 0.1) is 13.2 Å². The third kappa shape index (κ3) is 3.89. The van der Waals surface area contributed by atoms with Crippen LogP contribution < -0.4 is 0 Å². The average molecular weight is 229 g/mol. The van der Waals surface area contributed by atoms with Gasteiger partial charge in [0.1, 0.15) is 0 Å². The van der Waals surface area contributed by atoms with Crippen molar-refractivity contribution in [3.8, 4) is 11.8 Å². The Kier molecular flexibility index (Phi) is 4.61. The Hall–Kier alpha value is -1.30. The number of morpholine rings is 1. The smallest absolute Gasteiger partial charge is 0.0594 e. The zero-order valence-electron chi connectivity index (χ0n) is 10.4. The average Bonchev–Trinajstić information content (AvgIpc) is 2.38. The van der Waals surface area contributed by atoms with Crippen molar-refractivity contribution in [2.45, 2.75) is 13.3 Å². The van der Waals surface area contributed by atoms with Crippen molar-refractivity contribution in [2.75, 3.05) is 32.8 Å². The van der Waals surface area contributed by atoms with Crippen molar-refractivity contribution in [3.05, 3.63) is 35.4 Å². The molecule has 0 bridgehead atoms. The molecule has 2 nitrogen and oxygen atoms in total. The molecule has 90 valence electrons. The molecule has 1 aromatic rings. The van der Waals surface area contributed by atoms with Gasteiger partial charge in [-0.05, 0) is 18.6 Å². The van der Waals surface area contributed by atoms with E-state index in [9.17, 15) is 0 Å². The van der Waals surface area contributed by atoms with Crippen molar-refractivity contribution in [1.82, 2.24) is 4.90 Å². The molecule has 1 aliphatic rings. The maximum atomic E-state index is 5.31. The van der Waals surface area contributed by atoms with E-state index in [-0.39, 0.29) is 0 Å². The van der Waals surface area contributed by atoms with Crippen molar-refractivity contribution in [1.29, 1.82) is 0 Å². The molecule has 0 radical (unpaired) electrons. The Labute approximate surface area is 104 Å². The zero-order chi connectivity index (χ0) is 11.9. The minimum Gasteiger partial charge on any atom is -0.379 e. The lowest BCUT2D eigenvalue weighted by Crippen LogP contribution is -2.36. The summed E-state index contributed by atoms with van der Waals surface area (Å²) in [5.74, 6) is 6.50. The number of hydrogen-bond acceptors (Lipinski definition) is 2. The highest BCUT2D eigenvalue weighted by molar-refractivity contribution is 5.40. The van der Waals surface area contributed by atoms with Crippen LogP contribution in [0.4, 0.5) is 0 Å². The van der Waals surface area contributed by atoms with Crippen molar-refractivity contribution in [2.24, 2.45) is 0 Å². The van der Waals surface area contributed by atoms with Gasteiger partial charge < -0.3 is 4.74 Å². The van der Waals surface area contributed by atoms with E-state index in [1.807, 2.05) is 12.1 Å². The van der Waals surface area contributed by atoms with Gasteiger partial charge in [0.15, 0.2) is 0 Å². The molecule has 0 saturated carbocycles. The number of ether oxygens (including phenoxy) is 1. The zero-order valence-corrected chi connectivity index (χ0v) is 10.4. The molecule has 0 aromatic heterocycles. The minimum atomic E-state index is 0.866. The molecular weight excluding hydrogens is 210 g/mol. The van der Waals surface area contributed by atoms with Crippen molar-refractivity contribution < 1.29 is 4.74 Å². The Bertz CT molecular complexity index is 410. The maximum Gasteiger partial charge on any atom is 0.0594 e. The van der Waals surface area contributed by atoms with Crippen LogP contribution in [0.25, 0.3) is 0 Å². The standard InChI is InChI=1S/C15H19NO/c1-14-6-2-3-7-15(14)8-4-5-9-16-10-12-17-13-11-16/h2-3,6-7H,5,9-13H2,1H3. The van der Waals surface area contributed by atoms with Crippen LogP contribution in [0.2, 0.25) is 0 Å². The molecule has 0 atom stereocenters. The fourth-order valence-corrected chi connectivity index (χ4v) is 1.91. The third-order valence-corrected chi connectivity index (χ3v) is 3.02. The predicted molar refractivity (Wildman–Crippen MR) is 69.9 cm³/mol. The van der Waals surface area contributed by atoms with Crippen LogP contribution in [0.1, 0.15) is 17.5 Å². The van der Waals surface area contributed by atoms with E-state index in [2.05, 4.69) is 35.8 Å².